The first-order chi connectivity index (χ1) is 13.5. The van der Waals surface area contributed by atoms with Gasteiger partial charge < -0.3 is 4.74 Å². The van der Waals surface area contributed by atoms with Crippen LogP contribution in [0.2, 0.25) is 5.02 Å². The first kappa shape index (κ1) is 20.2. The maximum absolute atomic E-state index is 11.2. The zero-order chi connectivity index (χ0) is 20.1. The maximum Gasteiger partial charge on any atom is 0.220 e. The van der Waals surface area contributed by atoms with E-state index in [0.717, 1.165) is 17.0 Å². The van der Waals surface area contributed by atoms with Gasteiger partial charge in [-0.3, -0.25) is 14.7 Å². The number of aromatic nitrogens is 3. The van der Waals surface area contributed by atoms with Crippen molar-refractivity contribution in [1.82, 2.24) is 14.8 Å². The molecule has 1 aromatic heterocycles. The molecule has 0 saturated carbocycles. The second-order valence-electron chi connectivity index (χ2n) is 5.97. The summed E-state index contributed by atoms with van der Waals surface area (Å²) in [6.45, 7) is 4.13. The van der Waals surface area contributed by atoms with Crippen molar-refractivity contribution in [3.63, 3.8) is 0 Å². The molecule has 3 aromatic rings. The molecule has 2 aromatic carbocycles. The Morgan fingerprint density at radius 3 is 2.46 bits per heavy atom. The molecule has 3 rings (SSSR count). The Morgan fingerprint density at radius 1 is 1.18 bits per heavy atom. The van der Waals surface area contributed by atoms with E-state index in [-0.39, 0.29) is 11.5 Å². The molecule has 0 radical (unpaired) electrons. The Labute approximate surface area is 171 Å². The summed E-state index contributed by atoms with van der Waals surface area (Å²) in [5, 5.41) is 20.4. The largest absolute Gasteiger partial charge is 0.494 e. The molecule has 1 heterocycles. The molecule has 0 aliphatic heterocycles. The highest BCUT2D eigenvalue weighted by Crippen LogP contribution is 2.36. The Kier molecular flexibility index (Phi) is 6.53. The summed E-state index contributed by atoms with van der Waals surface area (Å²) in [4.78, 5) is 10.9. The van der Waals surface area contributed by atoms with Gasteiger partial charge in [0, 0.05) is 15.6 Å². The lowest BCUT2D eigenvalue weighted by atomic mass is 10.1. The fourth-order valence-electron chi connectivity index (χ4n) is 2.73. The Morgan fingerprint density at radius 2 is 1.86 bits per heavy atom. The van der Waals surface area contributed by atoms with Gasteiger partial charge in [-0.05, 0) is 55.8 Å². The lowest BCUT2D eigenvalue weighted by molar-refractivity contribution is -0.479. The fourth-order valence-corrected chi connectivity index (χ4v) is 4.03. The van der Waals surface area contributed by atoms with Crippen LogP contribution in [0, 0.1) is 17.0 Å². The minimum Gasteiger partial charge on any atom is -0.494 e. The van der Waals surface area contributed by atoms with E-state index in [1.165, 1.54) is 11.8 Å². The summed E-state index contributed by atoms with van der Waals surface area (Å²) in [5.74, 6) is 1.47. The zero-order valence-electron chi connectivity index (χ0n) is 15.4. The molecule has 0 N–H and O–H groups in total. The van der Waals surface area contributed by atoms with Gasteiger partial charge in [0.15, 0.2) is 5.16 Å². The lowest BCUT2D eigenvalue weighted by Gasteiger charge is -2.14. The van der Waals surface area contributed by atoms with E-state index < -0.39 is 5.25 Å². The molecule has 1 atom stereocenters. The van der Waals surface area contributed by atoms with Crippen molar-refractivity contribution in [2.45, 2.75) is 24.3 Å². The van der Waals surface area contributed by atoms with Gasteiger partial charge in [-0.15, -0.1) is 10.2 Å². The quantitative estimate of drug-likeness (QED) is 0.298. The Balaban J connectivity index is 1.92. The van der Waals surface area contributed by atoms with Crippen molar-refractivity contribution in [1.29, 1.82) is 0 Å². The van der Waals surface area contributed by atoms with Crippen molar-refractivity contribution in [2.75, 3.05) is 13.2 Å². The second kappa shape index (κ2) is 9.07. The topological polar surface area (TPSA) is 83.1 Å². The van der Waals surface area contributed by atoms with Crippen LogP contribution in [0.15, 0.2) is 53.7 Å². The maximum atomic E-state index is 11.2. The molecular formula is C19H19ClN4O3S. The molecule has 146 valence electrons. The van der Waals surface area contributed by atoms with E-state index in [0.29, 0.717) is 22.6 Å². The van der Waals surface area contributed by atoms with Crippen LogP contribution < -0.4 is 4.74 Å². The van der Waals surface area contributed by atoms with Crippen molar-refractivity contribution in [3.05, 3.63) is 75.1 Å². The van der Waals surface area contributed by atoms with Crippen LogP contribution in [0.1, 0.15) is 23.6 Å². The Bertz CT molecular complexity index is 945. The molecule has 0 unspecified atom stereocenters. The molecule has 0 saturated heterocycles. The third kappa shape index (κ3) is 4.82. The van der Waals surface area contributed by atoms with Gasteiger partial charge in [0.2, 0.25) is 6.54 Å². The van der Waals surface area contributed by atoms with Gasteiger partial charge in [0.05, 0.1) is 6.61 Å². The number of thioether (sulfide) groups is 1. The lowest BCUT2D eigenvalue weighted by Crippen LogP contribution is -2.11. The number of nitrogens with zero attached hydrogens (tertiary/aromatic N) is 4. The standard InChI is InChI=1S/C19H19ClN4O3S/c1-3-27-17-10-8-16(9-11-17)24-13(2)21-22-19(24)28-18(12-23(25)26)14-4-6-15(20)7-5-14/h4-11,18H,3,12H2,1-2H3/t18-/m1/s1. The van der Waals surface area contributed by atoms with Crippen LogP contribution in [0.3, 0.4) is 0 Å². The molecule has 0 spiro atoms. The van der Waals surface area contributed by atoms with Crippen LogP contribution in [0.4, 0.5) is 0 Å². The highest BCUT2D eigenvalue weighted by molar-refractivity contribution is 7.99. The number of aryl methyl sites for hydroxylation is 1. The fraction of sp³-hybridized carbons (Fsp3) is 0.263. The van der Waals surface area contributed by atoms with Crippen molar-refractivity contribution < 1.29 is 9.66 Å². The summed E-state index contributed by atoms with van der Waals surface area (Å²) < 4.78 is 7.36. The predicted octanol–water partition coefficient (Wildman–Crippen LogP) is 4.74. The SMILES string of the molecule is CCOc1ccc(-n2c(C)nnc2S[C@H](C[N+](=O)[O-])c2ccc(Cl)cc2)cc1. The summed E-state index contributed by atoms with van der Waals surface area (Å²) in [5.41, 5.74) is 1.68. The third-order valence-electron chi connectivity index (χ3n) is 4.01. The monoisotopic (exact) mass is 418 g/mol. The highest BCUT2D eigenvalue weighted by atomic mass is 35.5. The van der Waals surface area contributed by atoms with Gasteiger partial charge in [-0.2, -0.15) is 0 Å². The van der Waals surface area contributed by atoms with E-state index in [1.54, 1.807) is 24.3 Å². The van der Waals surface area contributed by atoms with E-state index in [2.05, 4.69) is 10.2 Å². The normalized spacial score (nSPS) is 12.0. The summed E-state index contributed by atoms with van der Waals surface area (Å²) >= 11 is 7.25. The van der Waals surface area contributed by atoms with E-state index in [9.17, 15) is 10.1 Å². The molecule has 0 aliphatic rings. The average molecular weight is 419 g/mol. The Hall–Kier alpha value is -2.58. The van der Waals surface area contributed by atoms with Crippen LogP contribution >= 0.6 is 23.4 Å². The van der Waals surface area contributed by atoms with Crippen LogP contribution in [0.25, 0.3) is 5.69 Å². The zero-order valence-corrected chi connectivity index (χ0v) is 17.0. The first-order valence-corrected chi connectivity index (χ1v) is 9.93. The molecule has 0 amide bonds. The number of halogens is 1. The van der Waals surface area contributed by atoms with Gasteiger partial charge in [-0.25, -0.2) is 0 Å². The number of benzene rings is 2. The van der Waals surface area contributed by atoms with Crippen LogP contribution in [-0.4, -0.2) is 32.8 Å². The van der Waals surface area contributed by atoms with Gasteiger partial charge in [0.1, 0.15) is 16.8 Å². The minimum atomic E-state index is -0.419. The van der Waals surface area contributed by atoms with Crippen molar-refractivity contribution in [3.8, 4) is 11.4 Å². The summed E-state index contributed by atoms with van der Waals surface area (Å²) in [7, 11) is 0. The third-order valence-corrected chi connectivity index (χ3v) is 5.44. The van der Waals surface area contributed by atoms with Crippen molar-refractivity contribution >= 4 is 23.4 Å². The predicted molar refractivity (Wildman–Crippen MR) is 109 cm³/mol. The van der Waals surface area contributed by atoms with Gasteiger partial charge >= 0.3 is 0 Å². The molecule has 0 aliphatic carbocycles. The van der Waals surface area contributed by atoms with E-state index in [1.807, 2.05) is 42.7 Å². The number of hydrogen-bond acceptors (Lipinski definition) is 6. The smallest absolute Gasteiger partial charge is 0.220 e. The average Bonchev–Trinajstić information content (AvgIpc) is 3.03. The summed E-state index contributed by atoms with van der Waals surface area (Å²) in [6, 6.07) is 14.6. The molecule has 7 nitrogen and oxygen atoms in total. The van der Waals surface area contributed by atoms with Crippen molar-refractivity contribution in [2.24, 2.45) is 0 Å². The van der Waals surface area contributed by atoms with Crippen LogP contribution in [0.5, 0.6) is 5.75 Å². The minimum absolute atomic E-state index is 0.235. The number of rotatable bonds is 8. The van der Waals surface area contributed by atoms with E-state index >= 15 is 0 Å². The van der Waals surface area contributed by atoms with Gasteiger partial charge in [0.25, 0.3) is 0 Å². The highest BCUT2D eigenvalue weighted by Gasteiger charge is 2.23. The molecule has 0 fully saturated rings. The molecule has 28 heavy (non-hydrogen) atoms. The van der Waals surface area contributed by atoms with Crippen LogP contribution in [-0.2, 0) is 0 Å². The second-order valence-corrected chi connectivity index (χ2v) is 7.57. The molecule has 9 heteroatoms. The number of ether oxygens (including phenoxy) is 1. The first-order valence-electron chi connectivity index (χ1n) is 8.67. The van der Waals surface area contributed by atoms with E-state index in [4.69, 9.17) is 16.3 Å². The molecular weight excluding hydrogens is 400 g/mol. The number of hydrogen-bond donors (Lipinski definition) is 0. The van der Waals surface area contributed by atoms with Gasteiger partial charge in [-0.1, -0.05) is 35.5 Å². The number of nitro groups is 1. The molecule has 0 bridgehead atoms. The summed E-state index contributed by atoms with van der Waals surface area (Å²) in [6.07, 6.45) is 0.